The molecule has 2 heterocycles. The first kappa shape index (κ1) is 18.8. The molecule has 0 saturated carbocycles. The third-order valence-electron chi connectivity index (χ3n) is 4.91. The van der Waals surface area contributed by atoms with Crippen molar-refractivity contribution in [3.63, 3.8) is 0 Å². The molecule has 3 rings (SSSR count). The number of urea groups is 2. The predicted octanol–water partition coefficient (Wildman–Crippen LogP) is 1.35. The van der Waals surface area contributed by atoms with Crippen LogP contribution in [0.5, 0.6) is 11.5 Å². The number of amides is 5. The number of methoxy groups -OCH3 is 2. The van der Waals surface area contributed by atoms with Crippen molar-refractivity contribution < 1.29 is 23.9 Å². The largest absolute Gasteiger partial charge is 0.493 e. The maximum absolute atomic E-state index is 12.6. The van der Waals surface area contributed by atoms with Crippen LogP contribution in [0.2, 0.25) is 0 Å². The summed E-state index contributed by atoms with van der Waals surface area (Å²) in [5.74, 6) is -0.0549. The van der Waals surface area contributed by atoms with Crippen molar-refractivity contribution in [2.75, 3.05) is 20.8 Å². The zero-order chi connectivity index (χ0) is 19.6. The molecule has 0 aliphatic carbocycles. The van der Waals surface area contributed by atoms with Gasteiger partial charge in [-0.1, -0.05) is 19.4 Å². The Labute approximate surface area is 157 Å². The number of hydrogen-bond acceptors (Lipinski definition) is 5. The Bertz CT molecular complexity index is 753. The van der Waals surface area contributed by atoms with Crippen molar-refractivity contribution >= 4 is 18.0 Å². The predicted molar refractivity (Wildman–Crippen MR) is 96.4 cm³/mol. The van der Waals surface area contributed by atoms with Crippen LogP contribution >= 0.6 is 0 Å². The smallest absolute Gasteiger partial charge is 0.325 e. The molecule has 2 fully saturated rings. The van der Waals surface area contributed by atoms with Gasteiger partial charge in [0.05, 0.1) is 20.3 Å². The van der Waals surface area contributed by atoms with Gasteiger partial charge in [-0.25, -0.2) is 9.59 Å². The zero-order valence-electron chi connectivity index (χ0n) is 15.6. The van der Waals surface area contributed by atoms with Crippen LogP contribution in [-0.4, -0.2) is 49.8 Å². The molecular formula is C18H24N4O5. The van der Waals surface area contributed by atoms with Crippen LogP contribution in [-0.2, 0) is 4.79 Å². The molecule has 1 aromatic rings. The summed E-state index contributed by atoms with van der Waals surface area (Å²) in [6.45, 7) is 2.47. The van der Waals surface area contributed by atoms with E-state index in [1.54, 1.807) is 18.2 Å². The summed E-state index contributed by atoms with van der Waals surface area (Å²) in [5, 5.41) is 7.93. The lowest BCUT2D eigenvalue weighted by molar-refractivity contribution is -0.130. The first-order valence-corrected chi connectivity index (χ1v) is 8.90. The maximum Gasteiger partial charge on any atom is 0.325 e. The van der Waals surface area contributed by atoms with Gasteiger partial charge in [-0.3, -0.25) is 10.1 Å². The summed E-state index contributed by atoms with van der Waals surface area (Å²) in [6.07, 6.45) is 0.958. The number of nitrogens with one attached hydrogen (secondary N) is 3. The van der Waals surface area contributed by atoms with Crippen LogP contribution in [0.15, 0.2) is 18.2 Å². The minimum atomic E-state index is -0.704. The summed E-state index contributed by atoms with van der Waals surface area (Å²) in [5.41, 5.74) is 0.692. The third kappa shape index (κ3) is 3.49. The van der Waals surface area contributed by atoms with Gasteiger partial charge in [0.15, 0.2) is 11.5 Å². The number of carbonyl (C=O) groups excluding carboxylic acids is 3. The Balaban J connectivity index is 1.97. The van der Waals surface area contributed by atoms with Gasteiger partial charge < -0.3 is 25.0 Å². The van der Waals surface area contributed by atoms with Crippen molar-refractivity contribution in [1.82, 2.24) is 20.9 Å². The molecule has 3 N–H and O–H groups in total. The number of carbonyl (C=O) groups is 3. The number of unbranched alkanes of at least 4 members (excludes halogenated alkanes) is 1. The van der Waals surface area contributed by atoms with Gasteiger partial charge in [0, 0.05) is 6.54 Å². The minimum absolute atomic E-state index is 0.426. The molecule has 1 aromatic carbocycles. The van der Waals surface area contributed by atoms with Gasteiger partial charge in [-0.15, -0.1) is 0 Å². The number of fused-ring (bicyclic) bond motifs is 1. The molecule has 27 heavy (non-hydrogen) atoms. The van der Waals surface area contributed by atoms with Crippen LogP contribution in [0.4, 0.5) is 9.59 Å². The van der Waals surface area contributed by atoms with Gasteiger partial charge in [-0.05, 0) is 24.1 Å². The van der Waals surface area contributed by atoms with Gasteiger partial charge >= 0.3 is 12.1 Å². The highest BCUT2D eigenvalue weighted by Crippen LogP contribution is 2.36. The van der Waals surface area contributed by atoms with E-state index in [1.165, 1.54) is 19.1 Å². The molecule has 146 valence electrons. The summed E-state index contributed by atoms with van der Waals surface area (Å²) < 4.78 is 10.6. The lowest BCUT2D eigenvalue weighted by Crippen LogP contribution is -2.72. The molecule has 0 aromatic heterocycles. The molecule has 9 nitrogen and oxygen atoms in total. The van der Waals surface area contributed by atoms with Crippen molar-refractivity contribution in [1.29, 1.82) is 0 Å². The second-order valence-corrected chi connectivity index (χ2v) is 6.52. The molecular weight excluding hydrogens is 352 g/mol. The van der Waals surface area contributed by atoms with Crippen LogP contribution in [0, 0.1) is 5.92 Å². The Hall–Kier alpha value is -2.97. The number of hydrogen-bond donors (Lipinski definition) is 3. The second-order valence-electron chi connectivity index (χ2n) is 6.52. The Morgan fingerprint density at radius 2 is 1.81 bits per heavy atom. The van der Waals surface area contributed by atoms with E-state index >= 15 is 0 Å². The number of benzene rings is 1. The molecule has 9 heteroatoms. The number of nitrogens with zero attached hydrogens (tertiary/aromatic N) is 1. The first-order valence-electron chi connectivity index (χ1n) is 8.90. The highest BCUT2D eigenvalue weighted by Gasteiger charge is 2.49. The van der Waals surface area contributed by atoms with E-state index in [0.717, 1.165) is 12.8 Å². The Kier molecular flexibility index (Phi) is 5.38. The minimum Gasteiger partial charge on any atom is -0.493 e. The van der Waals surface area contributed by atoms with Crippen molar-refractivity contribution in [2.45, 2.75) is 32.0 Å². The standard InChI is InChI=1S/C18H24N4O5/c1-4-5-8-22-15-13(16(23)21-18(22)25)14(19-17(24)20-15)10-6-7-11(26-2)12(9-10)27-3/h6-7,9,13-15H,4-5,8H2,1-3H3,(H2,19,20,24)(H,21,23,25). The molecule has 3 unspecified atom stereocenters. The van der Waals surface area contributed by atoms with E-state index < -0.39 is 36.1 Å². The third-order valence-corrected chi connectivity index (χ3v) is 4.91. The zero-order valence-corrected chi connectivity index (χ0v) is 15.6. The average Bonchev–Trinajstić information content (AvgIpc) is 2.66. The first-order chi connectivity index (χ1) is 13.0. The van der Waals surface area contributed by atoms with E-state index in [9.17, 15) is 14.4 Å². The summed E-state index contributed by atoms with van der Waals surface area (Å²) in [4.78, 5) is 38.7. The monoisotopic (exact) mass is 376 g/mol. The highest BCUT2D eigenvalue weighted by molar-refractivity contribution is 6.00. The van der Waals surface area contributed by atoms with Gasteiger partial charge in [0.1, 0.15) is 12.1 Å². The lowest BCUT2D eigenvalue weighted by Gasteiger charge is -2.46. The second kappa shape index (κ2) is 7.73. The van der Waals surface area contributed by atoms with E-state index in [4.69, 9.17) is 9.47 Å². The van der Waals surface area contributed by atoms with Crippen molar-refractivity contribution in [2.24, 2.45) is 5.92 Å². The molecule has 5 amide bonds. The van der Waals surface area contributed by atoms with Crippen LogP contribution < -0.4 is 25.4 Å². The Morgan fingerprint density at radius 3 is 2.48 bits per heavy atom. The van der Waals surface area contributed by atoms with E-state index in [1.807, 2.05) is 6.92 Å². The fourth-order valence-electron chi connectivity index (χ4n) is 3.54. The van der Waals surface area contributed by atoms with E-state index in [2.05, 4.69) is 16.0 Å². The fraction of sp³-hybridized carbons (Fsp3) is 0.500. The quantitative estimate of drug-likeness (QED) is 0.694. The normalized spacial score (nSPS) is 24.5. The van der Waals surface area contributed by atoms with E-state index in [-0.39, 0.29) is 0 Å². The molecule has 0 spiro atoms. The van der Waals surface area contributed by atoms with Crippen LogP contribution in [0.3, 0.4) is 0 Å². The number of ether oxygens (including phenoxy) is 2. The fourth-order valence-corrected chi connectivity index (χ4v) is 3.54. The van der Waals surface area contributed by atoms with Crippen LogP contribution in [0.25, 0.3) is 0 Å². The van der Waals surface area contributed by atoms with Crippen LogP contribution in [0.1, 0.15) is 31.4 Å². The van der Waals surface area contributed by atoms with Crippen molar-refractivity contribution in [3.05, 3.63) is 23.8 Å². The highest BCUT2D eigenvalue weighted by atomic mass is 16.5. The lowest BCUT2D eigenvalue weighted by atomic mass is 9.86. The SMILES string of the molecule is CCCCN1C(=O)NC(=O)C2C(c3ccc(OC)c(OC)c3)NC(=O)NC21. The molecule has 2 aliphatic rings. The molecule has 2 aliphatic heterocycles. The number of imide groups is 1. The van der Waals surface area contributed by atoms with E-state index in [0.29, 0.717) is 23.6 Å². The summed E-state index contributed by atoms with van der Waals surface area (Å²) in [6, 6.07) is 3.70. The maximum atomic E-state index is 12.6. The Morgan fingerprint density at radius 1 is 1.07 bits per heavy atom. The topological polar surface area (TPSA) is 109 Å². The molecule has 2 saturated heterocycles. The van der Waals surface area contributed by atoms with Gasteiger partial charge in [0.2, 0.25) is 5.91 Å². The van der Waals surface area contributed by atoms with Gasteiger partial charge in [-0.2, -0.15) is 0 Å². The van der Waals surface area contributed by atoms with Crippen molar-refractivity contribution in [3.8, 4) is 11.5 Å². The summed E-state index contributed by atoms with van der Waals surface area (Å²) in [7, 11) is 3.05. The molecule has 0 radical (unpaired) electrons. The molecule has 3 atom stereocenters. The summed E-state index contributed by atoms with van der Waals surface area (Å²) >= 11 is 0. The molecule has 0 bridgehead atoms. The average molecular weight is 376 g/mol. The number of rotatable bonds is 6. The van der Waals surface area contributed by atoms with Gasteiger partial charge in [0.25, 0.3) is 0 Å².